The van der Waals surface area contributed by atoms with E-state index in [2.05, 4.69) is 4.99 Å². The number of halogens is 1. The first-order chi connectivity index (χ1) is 13.0. The number of methoxy groups -OCH3 is 1. The van der Waals surface area contributed by atoms with Crippen LogP contribution < -0.4 is 9.47 Å². The van der Waals surface area contributed by atoms with E-state index >= 15 is 0 Å². The van der Waals surface area contributed by atoms with Gasteiger partial charge in [-0.2, -0.15) is 4.99 Å². The van der Waals surface area contributed by atoms with E-state index < -0.39 is 23.8 Å². The van der Waals surface area contributed by atoms with Crippen LogP contribution in [0.15, 0.2) is 53.5 Å². The zero-order chi connectivity index (χ0) is 19.8. The summed E-state index contributed by atoms with van der Waals surface area (Å²) in [4.78, 5) is 28.3. The molecule has 0 bridgehead atoms. The van der Waals surface area contributed by atoms with Gasteiger partial charge in [0.2, 0.25) is 0 Å². The standard InChI is InChI=1S/C20H20FNO5/c1-4-26-19(23)17(15-11-8-12-16(25-3)18(15)21)13(2)22-20(24)27-14-9-6-5-7-10-14/h5-12,17H,4H2,1-3H3. The first-order valence-electron chi connectivity index (χ1n) is 8.29. The monoisotopic (exact) mass is 373 g/mol. The maximum Gasteiger partial charge on any atom is 0.438 e. The Morgan fingerprint density at radius 3 is 2.44 bits per heavy atom. The van der Waals surface area contributed by atoms with Crippen LogP contribution in [0.3, 0.4) is 0 Å². The molecule has 2 aromatic carbocycles. The van der Waals surface area contributed by atoms with Crippen molar-refractivity contribution in [3.63, 3.8) is 0 Å². The first kappa shape index (κ1) is 20.1. The van der Waals surface area contributed by atoms with Gasteiger partial charge >= 0.3 is 12.1 Å². The molecule has 0 aliphatic heterocycles. The van der Waals surface area contributed by atoms with E-state index in [1.165, 1.54) is 26.2 Å². The zero-order valence-electron chi connectivity index (χ0n) is 15.3. The second-order valence-corrected chi connectivity index (χ2v) is 5.48. The quantitative estimate of drug-likeness (QED) is 0.562. The predicted octanol–water partition coefficient (Wildman–Crippen LogP) is 4.14. The van der Waals surface area contributed by atoms with Gasteiger partial charge in [-0.1, -0.05) is 30.3 Å². The first-order valence-corrected chi connectivity index (χ1v) is 8.29. The third kappa shape index (κ3) is 5.13. The van der Waals surface area contributed by atoms with Crippen LogP contribution in [-0.4, -0.2) is 31.5 Å². The van der Waals surface area contributed by atoms with Crippen LogP contribution >= 0.6 is 0 Å². The van der Waals surface area contributed by atoms with Gasteiger partial charge in [-0.15, -0.1) is 0 Å². The predicted molar refractivity (Wildman–Crippen MR) is 97.9 cm³/mol. The van der Waals surface area contributed by atoms with Crippen molar-refractivity contribution >= 4 is 17.8 Å². The summed E-state index contributed by atoms with van der Waals surface area (Å²) in [6.45, 7) is 3.17. The largest absolute Gasteiger partial charge is 0.494 e. The van der Waals surface area contributed by atoms with Crippen molar-refractivity contribution in [1.29, 1.82) is 0 Å². The van der Waals surface area contributed by atoms with Crippen molar-refractivity contribution < 1.29 is 28.2 Å². The number of carbonyl (C=O) groups is 2. The molecule has 0 spiro atoms. The second-order valence-electron chi connectivity index (χ2n) is 5.48. The van der Waals surface area contributed by atoms with Crippen LogP contribution in [-0.2, 0) is 9.53 Å². The summed E-state index contributed by atoms with van der Waals surface area (Å²) in [5.41, 5.74) is 0.0445. The summed E-state index contributed by atoms with van der Waals surface area (Å²) >= 11 is 0. The molecule has 0 saturated carbocycles. The molecule has 0 N–H and O–H groups in total. The highest BCUT2D eigenvalue weighted by molar-refractivity contribution is 6.09. The molecule has 2 aromatic rings. The minimum absolute atomic E-state index is 0.00145. The lowest BCUT2D eigenvalue weighted by atomic mass is 9.94. The Morgan fingerprint density at radius 1 is 1.11 bits per heavy atom. The molecule has 0 aromatic heterocycles. The van der Waals surface area contributed by atoms with Gasteiger partial charge in [0.25, 0.3) is 0 Å². The summed E-state index contributed by atoms with van der Waals surface area (Å²) in [6.07, 6.45) is -0.920. The molecule has 0 heterocycles. The molecule has 27 heavy (non-hydrogen) atoms. The van der Waals surface area contributed by atoms with Crippen molar-refractivity contribution in [3.8, 4) is 11.5 Å². The molecule has 2 rings (SSSR count). The molecular formula is C20H20FNO5. The summed E-state index contributed by atoms with van der Waals surface area (Å²) in [5.74, 6) is -2.37. The lowest BCUT2D eigenvalue weighted by Gasteiger charge is -2.17. The Morgan fingerprint density at radius 2 is 1.81 bits per heavy atom. The SMILES string of the molecule is CCOC(=O)C(C(C)=NC(=O)Oc1ccccc1)c1cccc(OC)c1F. The minimum Gasteiger partial charge on any atom is -0.494 e. The lowest BCUT2D eigenvalue weighted by Crippen LogP contribution is -2.25. The van der Waals surface area contributed by atoms with Crippen molar-refractivity contribution in [2.75, 3.05) is 13.7 Å². The van der Waals surface area contributed by atoms with Gasteiger partial charge in [-0.3, -0.25) is 4.79 Å². The topological polar surface area (TPSA) is 74.2 Å². The second kappa shape index (κ2) is 9.47. The average Bonchev–Trinajstić information content (AvgIpc) is 2.64. The number of nitrogens with zero attached hydrogens (tertiary/aromatic N) is 1. The molecule has 0 saturated heterocycles. The minimum atomic E-state index is -1.21. The summed E-state index contributed by atoms with van der Waals surface area (Å²) < 4.78 is 29.7. The van der Waals surface area contributed by atoms with Crippen LogP contribution in [0.5, 0.6) is 11.5 Å². The maximum absolute atomic E-state index is 14.7. The van der Waals surface area contributed by atoms with Gasteiger partial charge in [0, 0.05) is 11.3 Å². The number of carbonyl (C=O) groups excluding carboxylic acids is 2. The Hall–Kier alpha value is -3.22. The van der Waals surface area contributed by atoms with Gasteiger partial charge in [0.1, 0.15) is 11.7 Å². The smallest absolute Gasteiger partial charge is 0.438 e. The Balaban J connectivity index is 2.36. The Bertz CT molecular complexity index is 836. The third-order valence-corrected chi connectivity index (χ3v) is 3.68. The van der Waals surface area contributed by atoms with Gasteiger partial charge in [0.15, 0.2) is 11.6 Å². The van der Waals surface area contributed by atoms with Crippen LogP contribution in [0.25, 0.3) is 0 Å². The van der Waals surface area contributed by atoms with E-state index in [1.54, 1.807) is 43.3 Å². The van der Waals surface area contributed by atoms with E-state index in [0.717, 1.165) is 0 Å². The number of rotatable bonds is 6. The molecule has 1 atom stereocenters. The summed E-state index contributed by atoms with van der Waals surface area (Å²) in [7, 11) is 1.32. The molecule has 142 valence electrons. The highest BCUT2D eigenvalue weighted by atomic mass is 19.1. The van der Waals surface area contributed by atoms with Crippen LogP contribution in [0.4, 0.5) is 9.18 Å². The van der Waals surface area contributed by atoms with E-state index in [0.29, 0.717) is 5.75 Å². The number of benzene rings is 2. The lowest BCUT2D eigenvalue weighted by molar-refractivity contribution is -0.143. The molecule has 1 amide bonds. The van der Waals surface area contributed by atoms with Crippen LogP contribution in [0, 0.1) is 5.82 Å². The molecule has 6 nitrogen and oxygen atoms in total. The van der Waals surface area contributed by atoms with E-state index in [9.17, 15) is 14.0 Å². The number of amides is 1. The zero-order valence-corrected chi connectivity index (χ0v) is 15.3. The highest BCUT2D eigenvalue weighted by Gasteiger charge is 2.30. The number of para-hydroxylation sites is 1. The molecule has 7 heteroatoms. The van der Waals surface area contributed by atoms with Crippen molar-refractivity contribution in [2.24, 2.45) is 4.99 Å². The fraction of sp³-hybridized carbons (Fsp3) is 0.250. The summed E-state index contributed by atoms with van der Waals surface area (Å²) in [6, 6.07) is 12.7. The Labute approximate surface area is 156 Å². The molecule has 0 aliphatic carbocycles. The third-order valence-electron chi connectivity index (χ3n) is 3.68. The van der Waals surface area contributed by atoms with E-state index in [-0.39, 0.29) is 23.6 Å². The number of esters is 1. The highest BCUT2D eigenvalue weighted by Crippen LogP contribution is 2.28. The molecule has 0 fully saturated rings. The number of aliphatic imine (C=N–C) groups is 1. The van der Waals surface area contributed by atoms with Gasteiger partial charge in [-0.25, -0.2) is 9.18 Å². The molecule has 0 radical (unpaired) electrons. The maximum atomic E-state index is 14.7. The van der Waals surface area contributed by atoms with Gasteiger partial charge in [-0.05, 0) is 32.0 Å². The van der Waals surface area contributed by atoms with Crippen molar-refractivity contribution in [1.82, 2.24) is 0 Å². The number of hydrogen-bond donors (Lipinski definition) is 0. The molecule has 1 unspecified atom stereocenters. The Kier molecular flexibility index (Phi) is 7.05. The average molecular weight is 373 g/mol. The fourth-order valence-electron chi connectivity index (χ4n) is 2.48. The van der Waals surface area contributed by atoms with E-state index in [1.807, 2.05) is 0 Å². The molecule has 0 aliphatic rings. The van der Waals surface area contributed by atoms with Gasteiger partial charge < -0.3 is 14.2 Å². The molecular weight excluding hydrogens is 353 g/mol. The summed E-state index contributed by atoms with van der Waals surface area (Å²) in [5, 5.41) is 0. The number of hydrogen-bond acceptors (Lipinski definition) is 5. The van der Waals surface area contributed by atoms with Crippen LogP contribution in [0.1, 0.15) is 25.3 Å². The normalized spacial score (nSPS) is 12.2. The number of ether oxygens (including phenoxy) is 3. The van der Waals surface area contributed by atoms with E-state index in [4.69, 9.17) is 14.2 Å². The van der Waals surface area contributed by atoms with Crippen LogP contribution in [0.2, 0.25) is 0 Å². The van der Waals surface area contributed by atoms with Crippen molar-refractivity contribution in [3.05, 3.63) is 59.9 Å². The van der Waals surface area contributed by atoms with Gasteiger partial charge in [0.05, 0.1) is 13.7 Å². The fourth-order valence-corrected chi connectivity index (χ4v) is 2.48. The van der Waals surface area contributed by atoms with Crippen molar-refractivity contribution in [2.45, 2.75) is 19.8 Å².